The molecule has 0 unspecified atom stereocenters. The van der Waals surface area contributed by atoms with E-state index in [1.54, 1.807) is 17.3 Å². The van der Waals surface area contributed by atoms with Crippen molar-refractivity contribution >= 4 is 12.1 Å². The lowest BCUT2D eigenvalue weighted by Gasteiger charge is -2.27. The molecule has 1 saturated heterocycles. The number of rotatable bonds is 6. The number of ether oxygens (including phenoxy) is 1. The van der Waals surface area contributed by atoms with Gasteiger partial charge in [-0.05, 0) is 51.7 Å². The van der Waals surface area contributed by atoms with Gasteiger partial charge >= 0.3 is 6.09 Å². The summed E-state index contributed by atoms with van der Waals surface area (Å²) >= 11 is 0. The molecule has 1 fully saturated rings. The number of carbonyl (C=O) groups excluding carboxylic acids is 1. The molecular weight excluding hydrogens is 354 g/mol. The van der Waals surface area contributed by atoms with E-state index in [1.807, 2.05) is 32.9 Å². The van der Waals surface area contributed by atoms with Gasteiger partial charge in [0.2, 0.25) is 0 Å². The molecule has 2 heterocycles. The van der Waals surface area contributed by atoms with Crippen molar-refractivity contribution in [2.24, 2.45) is 10.7 Å². The fourth-order valence-corrected chi connectivity index (χ4v) is 3.13. The smallest absolute Gasteiger partial charge is 0.410 e. The average Bonchev–Trinajstić information content (AvgIpc) is 2.93. The van der Waals surface area contributed by atoms with E-state index in [1.165, 1.54) is 25.7 Å². The first-order valence-electron chi connectivity index (χ1n) is 10.3. The van der Waals surface area contributed by atoms with Crippen LogP contribution in [0.4, 0.5) is 4.79 Å². The number of carbonyl (C=O) groups is 1. The van der Waals surface area contributed by atoms with Crippen LogP contribution in [0, 0.1) is 0 Å². The Morgan fingerprint density at radius 2 is 2.00 bits per heavy atom. The monoisotopic (exact) mass is 389 g/mol. The van der Waals surface area contributed by atoms with Crippen molar-refractivity contribution in [2.75, 3.05) is 26.2 Å². The lowest BCUT2D eigenvalue weighted by atomic mass is 10.2. The number of nitrogens with zero attached hydrogens (tertiary/aromatic N) is 4. The van der Waals surface area contributed by atoms with E-state index in [-0.39, 0.29) is 6.09 Å². The second-order valence-electron chi connectivity index (χ2n) is 8.26. The summed E-state index contributed by atoms with van der Waals surface area (Å²) in [6, 6.07) is 3.83. The molecule has 0 spiro atoms. The quantitative estimate of drug-likeness (QED) is 0.458. The van der Waals surface area contributed by atoms with E-state index in [9.17, 15) is 4.79 Å². The second kappa shape index (κ2) is 10.9. The number of pyridine rings is 1. The number of amides is 1. The van der Waals surface area contributed by atoms with Crippen LogP contribution in [0.3, 0.4) is 0 Å². The third-order valence-electron chi connectivity index (χ3n) is 4.54. The van der Waals surface area contributed by atoms with Gasteiger partial charge in [0.25, 0.3) is 0 Å². The number of aromatic nitrogens is 1. The summed E-state index contributed by atoms with van der Waals surface area (Å²) in [5.74, 6) is 0.623. The highest BCUT2D eigenvalue weighted by atomic mass is 16.6. The van der Waals surface area contributed by atoms with Gasteiger partial charge in [0.15, 0.2) is 5.96 Å². The van der Waals surface area contributed by atoms with Crippen LogP contribution in [0.25, 0.3) is 0 Å². The summed E-state index contributed by atoms with van der Waals surface area (Å²) in [7, 11) is 0. The minimum Gasteiger partial charge on any atom is -0.444 e. The van der Waals surface area contributed by atoms with Crippen molar-refractivity contribution in [3.63, 3.8) is 0 Å². The van der Waals surface area contributed by atoms with E-state index in [2.05, 4.69) is 14.9 Å². The number of guanidine groups is 1. The fraction of sp³-hybridized carbons (Fsp3) is 0.667. The maximum Gasteiger partial charge on any atom is 0.410 e. The molecule has 7 nitrogen and oxygen atoms in total. The molecule has 1 aliphatic heterocycles. The highest BCUT2D eigenvalue weighted by Gasteiger charge is 2.22. The zero-order chi connectivity index (χ0) is 20.4. The molecule has 1 amide bonds. The number of aliphatic imine (C=N–C) groups is 1. The average molecular weight is 390 g/mol. The van der Waals surface area contributed by atoms with Gasteiger partial charge in [-0.3, -0.25) is 9.98 Å². The third kappa shape index (κ3) is 8.15. The van der Waals surface area contributed by atoms with Crippen LogP contribution >= 0.6 is 0 Å². The number of hydrogen-bond acceptors (Lipinski definition) is 4. The van der Waals surface area contributed by atoms with E-state index >= 15 is 0 Å². The van der Waals surface area contributed by atoms with Crippen LogP contribution < -0.4 is 5.73 Å². The largest absolute Gasteiger partial charge is 0.444 e. The molecule has 0 aliphatic carbocycles. The van der Waals surface area contributed by atoms with Crippen molar-refractivity contribution in [3.8, 4) is 0 Å². The van der Waals surface area contributed by atoms with Gasteiger partial charge in [0.05, 0.1) is 6.54 Å². The van der Waals surface area contributed by atoms with Gasteiger partial charge in [0.1, 0.15) is 5.60 Å². The molecule has 0 saturated carbocycles. The first-order chi connectivity index (χ1) is 13.3. The summed E-state index contributed by atoms with van der Waals surface area (Å²) in [5, 5.41) is 0. The molecular formula is C21H35N5O2. The Hall–Kier alpha value is -2.31. The summed E-state index contributed by atoms with van der Waals surface area (Å²) in [6.07, 6.45) is 8.79. The van der Waals surface area contributed by atoms with Crippen LogP contribution in [-0.2, 0) is 11.3 Å². The molecule has 28 heavy (non-hydrogen) atoms. The first kappa shape index (κ1) is 22.0. The minimum absolute atomic E-state index is 0.319. The van der Waals surface area contributed by atoms with Gasteiger partial charge in [-0.25, -0.2) is 4.79 Å². The summed E-state index contributed by atoms with van der Waals surface area (Å²) in [6.45, 7) is 9.21. The van der Waals surface area contributed by atoms with Gasteiger partial charge in [-0.15, -0.1) is 0 Å². The summed E-state index contributed by atoms with van der Waals surface area (Å²) in [4.78, 5) is 25.1. The maximum absolute atomic E-state index is 12.6. The van der Waals surface area contributed by atoms with Gasteiger partial charge in [0, 0.05) is 38.6 Å². The third-order valence-corrected chi connectivity index (χ3v) is 4.54. The Labute approximate surface area is 169 Å². The minimum atomic E-state index is -0.528. The van der Waals surface area contributed by atoms with Gasteiger partial charge in [-0.1, -0.05) is 18.9 Å². The van der Waals surface area contributed by atoms with Gasteiger partial charge in [-0.2, -0.15) is 0 Å². The van der Waals surface area contributed by atoms with Crippen molar-refractivity contribution in [3.05, 3.63) is 30.1 Å². The number of likely N-dealkylation sites (tertiary alicyclic amines) is 1. The second-order valence-corrected chi connectivity index (χ2v) is 8.26. The SMILES string of the molecule is CC(C)(C)OC(=O)N(CCCN=C(N)N1CCCCCC1)Cc1cccnc1. The topological polar surface area (TPSA) is 84.0 Å². The first-order valence-corrected chi connectivity index (χ1v) is 10.3. The van der Waals surface area contributed by atoms with Crippen LogP contribution in [0.2, 0.25) is 0 Å². The highest BCUT2D eigenvalue weighted by Crippen LogP contribution is 2.13. The lowest BCUT2D eigenvalue weighted by molar-refractivity contribution is 0.0232. The standard InChI is InChI=1S/C21H35N5O2/c1-21(2,3)28-20(27)26(17-18-10-8-11-23-16-18)15-9-12-24-19(22)25-13-6-4-5-7-14-25/h8,10-11,16H,4-7,9,12-15,17H2,1-3H3,(H2,22,24). The zero-order valence-corrected chi connectivity index (χ0v) is 17.6. The molecule has 2 N–H and O–H groups in total. The number of nitrogens with two attached hydrogens (primary N) is 1. The van der Waals surface area contributed by atoms with Gasteiger partial charge < -0.3 is 20.3 Å². The molecule has 2 rings (SSSR count). The molecule has 0 radical (unpaired) electrons. The van der Waals surface area contributed by atoms with Crippen LogP contribution in [0.5, 0.6) is 0 Å². The van der Waals surface area contributed by atoms with Crippen molar-refractivity contribution in [1.82, 2.24) is 14.8 Å². The van der Waals surface area contributed by atoms with E-state index in [0.717, 1.165) is 25.1 Å². The van der Waals surface area contributed by atoms with Crippen LogP contribution in [0.15, 0.2) is 29.5 Å². The zero-order valence-electron chi connectivity index (χ0n) is 17.6. The molecule has 0 bridgehead atoms. The predicted molar refractivity (Wildman–Crippen MR) is 112 cm³/mol. The number of hydrogen-bond donors (Lipinski definition) is 1. The lowest BCUT2D eigenvalue weighted by Crippen LogP contribution is -2.39. The molecule has 0 aromatic carbocycles. The normalized spacial score (nSPS) is 15.8. The molecule has 7 heteroatoms. The fourth-order valence-electron chi connectivity index (χ4n) is 3.13. The summed E-state index contributed by atoms with van der Waals surface area (Å²) in [5.41, 5.74) is 6.61. The highest BCUT2D eigenvalue weighted by molar-refractivity contribution is 5.78. The molecule has 1 aromatic heterocycles. The van der Waals surface area contributed by atoms with Crippen molar-refractivity contribution in [2.45, 2.75) is 65.0 Å². The van der Waals surface area contributed by atoms with E-state index in [0.29, 0.717) is 25.6 Å². The maximum atomic E-state index is 12.6. The van der Waals surface area contributed by atoms with Crippen LogP contribution in [0.1, 0.15) is 58.4 Å². The molecule has 156 valence electrons. The van der Waals surface area contributed by atoms with E-state index < -0.39 is 5.60 Å². The van der Waals surface area contributed by atoms with Crippen molar-refractivity contribution < 1.29 is 9.53 Å². The molecule has 0 atom stereocenters. The Bertz CT molecular complexity index is 619. The summed E-state index contributed by atoms with van der Waals surface area (Å²) < 4.78 is 5.56. The van der Waals surface area contributed by atoms with Crippen molar-refractivity contribution in [1.29, 1.82) is 0 Å². The molecule has 1 aromatic rings. The Kier molecular flexibility index (Phi) is 8.54. The van der Waals surface area contributed by atoms with Crippen LogP contribution in [-0.4, -0.2) is 58.6 Å². The Morgan fingerprint density at radius 1 is 1.29 bits per heavy atom. The molecule has 1 aliphatic rings. The Morgan fingerprint density at radius 3 is 2.61 bits per heavy atom. The Balaban J connectivity index is 1.90. The predicted octanol–water partition coefficient (Wildman–Crippen LogP) is 3.40. The van der Waals surface area contributed by atoms with E-state index in [4.69, 9.17) is 10.5 Å².